The summed E-state index contributed by atoms with van der Waals surface area (Å²) in [5, 5.41) is 18.7. The van der Waals surface area contributed by atoms with Gasteiger partial charge in [0.1, 0.15) is 0 Å². The summed E-state index contributed by atoms with van der Waals surface area (Å²) in [6.45, 7) is 0. The lowest BCUT2D eigenvalue weighted by molar-refractivity contribution is -0.137. The number of hydrogen-bond acceptors (Lipinski definition) is 2. The van der Waals surface area contributed by atoms with Gasteiger partial charge in [0.2, 0.25) is 0 Å². The van der Waals surface area contributed by atoms with Crippen molar-refractivity contribution in [2.75, 3.05) is 0 Å². The number of allylic oxidation sites excluding steroid dienone is 6. The van der Waals surface area contributed by atoms with E-state index in [2.05, 4.69) is 5.73 Å². The fourth-order valence-corrected chi connectivity index (χ4v) is 3.79. The Morgan fingerprint density at radius 2 is 1.52 bits per heavy atom. The smallest absolute Gasteiger partial charge is 0.307 e. The number of rotatable bonds is 4. The van der Waals surface area contributed by atoms with Crippen molar-refractivity contribution in [2.24, 2.45) is 0 Å². The molecule has 2 aliphatic carbocycles. The van der Waals surface area contributed by atoms with Crippen molar-refractivity contribution in [3.63, 3.8) is 0 Å². The zero-order chi connectivity index (χ0) is 20.4. The molecule has 2 aromatic rings. The molecule has 0 aliphatic heterocycles. The van der Waals surface area contributed by atoms with Gasteiger partial charge in [0.15, 0.2) is 0 Å². The van der Waals surface area contributed by atoms with Crippen molar-refractivity contribution in [3.8, 4) is 11.1 Å². The minimum atomic E-state index is -0.914. The first-order valence-corrected chi connectivity index (χ1v) is 9.25. The van der Waals surface area contributed by atoms with E-state index in [1.165, 1.54) is 0 Å². The monoisotopic (exact) mass is 382 g/mol. The summed E-state index contributed by atoms with van der Waals surface area (Å²) >= 11 is 0. The van der Waals surface area contributed by atoms with Gasteiger partial charge in [-0.3, -0.25) is 9.59 Å². The Bertz CT molecular complexity index is 1190. The van der Waals surface area contributed by atoms with E-state index >= 15 is 0 Å². The van der Waals surface area contributed by atoms with Crippen molar-refractivity contribution in [2.45, 2.75) is 12.8 Å². The zero-order valence-corrected chi connectivity index (χ0v) is 15.6. The average Bonchev–Trinajstić information content (AvgIpc) is 2.83. The van der Waals surface area contributed by atoms with E-state index in [-0.39, 0.29) is 12.8 Å². The van der Waals surface area contributed by atoms with Crippen LogP contribution in [0, 0.1) is 0 Å². The number of carbonyl (C=O) groups is 2. The van der Waals surface area contributed by atoms with Gasteiger partial charge >= 0.3 is 11.9 Å². The molecule has 29 heavy (non-hydrogen) atoms. The van der Waals surface area contributed by atoms with Crippen LogP contribution in [0.15, 0.2) is 89.7 Å². The molecule has 0 unspecified atom stereocenters. The molecule has 0 amide bonds. The lowest BCUT2D eigenvalue weighted by Gasteiger charge is -2.08. The van der Waals surface area contributed by atoms with Crippen LogP contribution in [0.2, 0.25) is 0 Å². The molecule has 0 radical (unpaired) electrons. The third kappa shape index (κ3) is 3.62. The van der Waals surface area contributed by atoms with E-state index in [0.717, 1.165) is 27.8 Å². The molecule has 0 aromatic heterocycles. The van der Waals surface area contributed by atoms with E-state index in [4.69, 9.17) is 0 Å². The van der Waals surface area contributed by atoms with Crippen LogP contribution < -0.4 is 0 Å². The van der Waals surface area contributed by atoms with Crippen LogP contribution in [0.25, 0.3) is 16.7 Å². The molecule has 0 atom stereocenters. The first kappa shape index (κ1) is 18.5. The summed E-state index contributed by atoms with van der Waals surface area (Å²) in [4.78, 5) is 22.8. The molecule has 0 bridgehead atoms. The summed E-state index contributed by atoms with van der Waals surface area (Å²) in [6, 6.07) is 13.6. The van der Waals surface area contributed by atoms with Gasteiger partial charge in [-0.1, -0.05) is 66.8 Å². The molecule has 0 spiro atoms. The SMILES string of the molecule is O=C(O)CC1=CC=CC=CC1=C=C1c2ccccc2-c2cccc(CC(=O)O)c21. The van der Waals surface area contributed by atoms with Crippen LogP contribution in [0.4, 0.5) is 0 Å². The molecule has 2 aromatic carbocycles. The van der Waals surface area contributed by atoms with Crippen LogP contribution >= 0.6 is 0 Å². The first-order chi connectivity index (χ1) is 14.0. The molecule has 142 valence electrons. The highest BCUT2D eigenvalue weighted by Crippen LogP contribution is 2.45. The second kappa shape index (κ2) is 7.63. The Balaban J connectivity index is 2.02. The highest BCUT2D eigenvalue weighted by Gasteiger charge is 2.26. The van der Waals surface area contributed by atoms with Crippen LogP contribution in [0.5, 0.6) is 0 Å². The maximum Gasteiger partial charge on any atom is 0.307 e. The molecule has 4 heteroatoms. The molecule has 0 saturated heterocycles. The Morgan fingerprint density at radius 3 is 2.28 bits per heavy atom. The van der Waals surface area contributed by atoms with Crippen molar-refractivity contribution in [1.29, 1.82) is 0 Å². The third-order valence-electron chi connectivity index (χ3n) is 4.96. The molecular weight excluding hydrogens is 364 g/mol. The van der Waals surface area contributed by atoms with E-state index in [9.17, 15) is 19.8 Å². The lowest BCUT2D eigenvalue weighted by Crippen LogP contribution is -2.03. The Labute approximate surface area is 168 Å². The summed E-state index contributed by atoms with van der Waals surface area (Å²) in [7, 11) is 0. The zero-order valence-electron chi connectivity index (χ0n) is 15.6. The number of aliphatic carboxylic acids is 2. The highest BCUT2D eigenvalue weighted by molar-refractivity contribution is 6.02. The van der Waals surface area contributed by atoms with Crippen molar-refractivity contribution in [1.82, 2.24) is 0 Å². The highest BCUT2D eigenvalue weighted by atomic mass is 16.4. The van der Waals surface area contributed by atoms with E-state index in [0.29, 0.717) is 16.7 Å². The topological polar surface area (TPSA) is 74.6 Å². The standard InChI is InChI=1S/C25H18O4/c26-23(27)14-17-8-3-1-2-7-16(17)13-22-20-11-5-4-10-19(20)21-12-6-9-18(25(21)22)15-24(28)29/h1-12H,14-15H2,(H,26,27)(H,28,29). The third-order valence-corrected chi connectivity index (χ3v) is 4.96. The number of fused-ring (bicyclic) bond motifs is 3. The second-order valence-electron chi connectivity index (χ2n) is 6.88. The van der Waals surface area contributed by atoms with E-state index in [1.54, 1.807) is 12.2 Å². The fourth-order valence-electron chi connectivity index (χ4n) is 3.79. The maximum atomic E-state index is 11.4. The molecule has 2 N–H and O–H groups in total. The molecule has 4 rings (SSSR count). The largest absolute Gasteiger partial charge is 0.481 e. The summed E-state index contributed by atoms with van der Waals surface area (Å²) < 4.78 is 0. The lowest BCUT2D eigenvalue weighted by atomic mass is 9.95. The van der Waals surface area contributed by atoms with Gasteiger partial charge in [0.25, 0.3) is 0 Å². The summed E-state index contributed by atoms with van der Waals surface area (Å²) in [5.74, 6) is -1.81. The van der Waals surface area contributed by atoms with Crippen molar-refractivity contribution >= 4 is 17.5 Å². The van der Waals surface area contributed by atoms with Gasteiger partial charge in [-0.15, -0.1) is 5.73 Å². The van der Waals surface area contributed by atoms with Gasteiger partial charge < -0.3 is 10.2 Å². The second-order valence-corrected chi connectivity index (χ2v) is 6.88. The van der Waals surface area contributed by atoms with Gasteiger partial charge in [0.05, 0.1) is 12.8 Å². The number of carboxylic acids is 2. The fraction of sp³-hybridized carbons (Fsp3) is 0.0800. The molecule has 0 heterocycles. The Hall–Kier alpha value is -3.88. The molecule has 2 aliphatic rings. The van der Waals surface area contributed by atoms with Crippen LogP contribution in [0.3, 0.4) is 0 Å². The molecule has 0 saturated carbocycles. The normalized spacial score (nSPS) is 14.0. The minimum absolute atomic E-state index is 0.0904. The number of carboxylic acid groups (broad SMARTS) is 2. The number of benzene rings is 2. The van der Waals surface area contributed by atoms with Gasteiger partial charge in [-0.25, -0.2) is 0 Å². The summed E-state index contributed by atoms with van der Waals surface area (Å²) in [6.07, 6.45) is 8.91. The quantitative estimate of drug-likeness (QED) is 0.637. The predicted octanol–water partition coefficient (Wildman–Crippen LogP) is 4.78. The molecule has 4 nitrogen and oxygen atoms in total. The van der Waals surface area contributed by atoms with Crippen molar-refractivity contribution in [3.05, 3.63) is 106 Å². The minimum Gasteiger partial charge on any atom is -0.481 e. The Morgan fingerprint density at radius 1 is 0.793 bits per heavy atom. The van der Waals surface area contributed by atoms with Gasteiger partial charge in [-0.05, 0) is 33.9 Å². The van der Waals surface area contributed by atoms with Gasteiger partial charge in [0, 0.05) is 16.7 Å². The van der Waals surface area contributed by atoms with E-state index in [1.807, 2.05) is 60.7 Å². The number of hydrogen-bond donors (Lipinski definition) is 2. The predicted molar refractivity (Wildman–Crippen MR) is 111 cm³/mol. The van der Waals surface area contributed by atoms with Crippen molar-refractivity contribution < 1.29 is 19.8 Å². The average molecular weight is 382 g/mol. The first-order valence-electron chi connectivity index (χ1n) is 9.25. The van der Waals surface area contributed by atoms with Crippen LogP contribution in [-0.4, -0.2) is 22.2 Å². The summed E-state index contributed by atoms with van der Waals surface area (Å²) in [5.41, 5.74) is 10.1. The van der Waals surface area contributed by atoms with Crippen LogP contribution in [0.1, 0.15) is 23.1 Å². The maximum absolute atomic E-state index is 11.4. The Kier molecular flexibility index (Phi) is 4.86. The molecular formula is C25H18O4. The van der Waals surface area contributed by atoms with Crippen LogP contribution in [-0.2, 0) is 16.0 Å². The van der Waals surface area contributed by atoms with E-state index < -0.39 is 11.9 Å². The molecule has 0 fully saturated rings. The van der Waals surface area contributed by atoms with Gasteiger partial charge in [-0.2, -0.15) is 0 Å².